The molecule has 36 heteroatoms. The number of pyridine rings is 6. The normalized spacial score (nSPS) is 16.9. The maximum atomic E-state index is 14.0. The van der Waals surface area contributed by atoms with E-state index in [9.17, 15) is 41.9 Å². The minimum atomic E-state index is -0.826. The van der Waals surface area contributed by atoms with Crippen molar-refractivity contribution in [3.63, 3.8) is 0 Å². The Morgan fingerprint density at radius 2 is 0.793 bits per heavy atom. The summed E-state index contributed by atoms with van der Waals surface area (Å²) in [6, 6.07) is 12.2. The summed E-state index contributed by atoms with van der Waals surface area (Å²) in [4.78, 5) is 113. The molecule has 3 fully saturated rings. The van der Waals surface area contributed by atoms with Gasteiger partial charge >= 0.3 is 18.1 Å². The Hall–Kier alpha value is -11.0. The van der Waals surface area contributed by atoms with Crippen molar-refractivity contribution in [3.8, 4) is 18.2 Å². The van der Waals surface area contributed by atoms with E-state index >= 15 is 0 Å². The van der Waals surface area contributed by atoms with Gasteiger partial charge in [0.25, 0.3) is 11.8 Å². The summed E-state index contributed by atoms with van der Waals surface area (Å²) >= 11 is 0. The number of methoxy groups -OCH3 is 6. The lowest BCUT2D eigenvalue weighted by atomic mass is 10.0. The zero-order valence-corrected chi connectivity index (χ0v) is 63.0. The Morgan fingerprint density at radius 3 is 1.05 bits per heavy atom. The van der Waals surface area contributed by atoms with Crippen molar-refractivity contribution in [1.29, 1.82) is 15.8 Å². The average molecular weight is 1540 g/mol. The molecule has 111 heavy (non-hydrogen) atoms. The highest BCUT2D eigenvalue weighted by molar-refractivity contribution is 6.03. The van der Waals surface area contributed by atoms with E-state index in [1.54, 1.807) is 54.1 Å². The Morgan fingerprint density at radius 1 is 0.477 bits per heavy atom. The molecule has 0 saturated carbocycles. The van der Waals surface area contributed by atoms with Gasteiger partial charge in [0.15, 0.2) is 0 Å². The second kappa shape index (κ2) is 38.6. The zero-order chi connectivity index (χ0) is 79.6. The highest BCUT2D eigenvalue weighted by Gasteiger charge is 2.36. The van der Waals surface area contributed by atoms with E-state index in [-0.39, 0.29) is 77.4 Å². The van der Waals surface area contributed by atoms with E-state index in [1.807, 2.05) is 18.2 Å². The van der Waals surface area contributed by atoms with E-state index in [2.05, 4.69) is 30.9 Å². The van der Waals surface area contributed by atoms with Crippen molar-refractivity contribution in [2.75, 3.05) is 141 Å². The van der Waals surface area contributed by atoms with E-state index in [1.165, 1.54) is 57.4 Å². The number of aromatic nitrogens is 6. The topological polar surface area (TPSA) is 390 Å². The second-order valence-electron chi connectivity index (χ2n) is 26.6. The third-order valence-electron chi connectivity index (χ3n) is 19.2. The van der Waals surface area contributed by atoms with Crippen molar-refractivity contribution in [1.82, 2.24) is 44.6 Å². The van der Waals surface area contributed by atoms with Crippen LogP contribution in [-0.4, -0.2) is 202 Å². The number of urea groups is 3. The maximum Gasteiger partial charge on any atom is 0.328 e. The lowest BCUT2D eigenvalue weighted by Crippen LogP contribution is -2.40. The van der Waals surface area contributed by atoms with Gasteiger partial charge in [-0.1, -0.05) is 0 Å². The van der Waals surface area contributed by atoms with Crippen LogP contribution in [0.4, 0.5) is 62.5 Å². The molecule has 6 aromatic heterocycles. The highest BCUT2D eigenvalue weighted by atomic mass is 19.1. The summed E-state index contributed by atoms with van der Waals surface area (Å²) in [5, 5.41) is 34.4. The molecule has 12 heterocycles. The van der Waals surface area contributed by atoms with Crippen LogP contribution in [0.3, 0.4) is 0 Å². The van der Waals surface area contributed by atoms with Crippen LogP contribution in [0, 0.1) is 57.4 Å². The van der Waals surface area contributed by atoms with Crippen LogP contribution >= 0.6 is 0 Å². The molecular weight excluding hydrogens is 1450 g/mol. The van der Waals surface area contributed by atoms with Crippen molar-refractivity contribution in [3.05, 3.63) is 140 Å². The molecule has 1 unspecified atom stereocenters. The fraction of sp³-hybridized carbons (Fsp3) is 0.480. The summed E-state index contributed by atoms with van der Waals surface area (Å²) in [5.74, 6) is -1.50. The van der Waals surface area contributed by atoms with Gasteiger partial charge in [-0.05, 0) is 122 Å². The molecule has 588 valence electrons. The quantitative estimate of drug-likeness (QED) is 0.0568. The predicted octanol–water partition coefficient (Wildman–Crippen LogP) is 8.56. The van der Waals surface area contributed by atoms with Gasteiger partial charge in [-0.3, -0.25) is 45.0 Å². The van der Waals surface area contributed by atoms with Crippen LogP contribution in [0.25, 0.3) is 0 Å². The van der Waals surface area contributed by atoms with Crippen LogP contribution < -0.4 is 30.7 Å². The minimum Gasteiger partial charge on any atom is -0.381 e. The number of hydrogen-bond acceptors (Lipinski definition) is 24. The number of hydrogen-bond donors (Lipinski definition) is 3. The standard InChI is InChI=1S/3C25H29FN6O5/c2*1-31(23(33)19-7-5-9-37-19)14-16-10-15-6-4-8-32(22(15)30-21(16)24(35-2)36-3)25(34)29-20-11-18(26)17(12-27)13-28-20;1-31(23(33)16-6-8-37-14-16)13-17-9-15-5-4-7-32(22(15)30-21(17)24(35-2)36-3)25(34)29-20-10-19(26)18(11-27)12-28-20/h2*10-11,13,19,24H,4-9,14H2,1-3H3,(H,28,29,34);9-10,12,16,24H,4-8,13-14H2,1-3H3,(H,28,29,34)/t2*19-;/m10./s1. The summed E-state index contributed by atoms with van der Waals surface area (Å²) in [6.45, 7) is 4.10. The molecule has 6 aromatic rings. The van der Waals surface area contributed by atoms with Crippen LogP contribution in [0.15, 0.2) is 55.0 Å². The number of rotatable bonds is 21. The van der Waals surface area contributed by atoms with Gasteiger partial charge in [-0.25, -0.2) is 57.5 Å². The number of aryl methyl sites for hydroxylation is 3. The number of nitrogens with zero attached hydrogens (tertiary/aromatic N) is 15. The van der Waals surface area contributed by atoms with Gasteiger partial charge in [0, 0.05) is 141 Å². The lowest BCUT2D eigenvalue weighted by molar-refractivity contribution is -0.140. The number of carbonyl (C=O) groups is 6. The van der Waals surface area contributed by atoms with E-state index in [0.717, 1.165) is 83.0 Å². The van der Waals surface area contributed by atoms with Crippen molar-refractivity contribution in [2.24, 2.45) is 5.92 Å². The van der Waals surface area contributed by atoms with Gasteiger partial charge in [0.2, 0.25) is 24.8 Å². The van der Waals surface area contributed by atoms with Crippen LogP contribution in [-0.2, 0) is 95.9 Å². The second-order valence-corrected chi connectivity index (χ2v) is 26.6. The summed E-state index contributed by atoms with van der Waals surface area (Å²) in [5.41, 5.74) is 5.39. The summed E-state index contributed by atoms with van der Waals surface area (Å²) < 4.78 is 91.3. The molecule has 0 spiro atoms. The number of anilines is 6. The first-order valence-electron chi connectivity index (χ1n) is 35.8. The molecule has 3 saturated heterocycles. The van der Waals surface area contributed by atoms with Crippen LogP contribution in [0.2, 0.25) is 0 Å². The SMILES string of the molecule is COC(OC)c1nc2c(cc1CN(C)C(=O)C1CCOC1)CCCN2C(=O)Nc1cc(F)c(C#N)cn1.COC(OC)c1nc2c(cc1CN(C)C(=O)[C@@H]1CCCO1)CCCN2C(=O)Nc1cc(F)c(C#N)cn1.COC(OC)c1nc2c(cc1CN(C)C(=O)[C@H]1CCCO1)CCCN2C(=O)Nc1cc(F)c(C#N)cn1. The summed E-state index contributed by atoms with van der Waals surface area (Å²) in [7, 11) is 14.1. The number of nitriles is 3. The number of halogens is 3. The average Bonchev–Trinajstić information content (AvgIpc) is 1.14. The minimum absolute atomic E-state index is 0.00397. The summed E-state index contributed by atoms with van der Waals surface area (Å²) in [6.07, 6.45) is 7.70. The smallest absolute Gasteiger partial charge is 0.328 e. The molecule has 33 nitrogen and oxygen atoms in total. The Labute approximate surface area is 638 Å². The lowest BCUT2D eigenvalue weighted by Gasteiger charge is -2.31. The molecular formula is C75H87F3N18O15. The van der Waals surface area contributed by atoms with Gasteiger partial charge in [-0.2, -0.15) is 15.8 Å². The molecule has 3 atom stereocenters. The van der Waals surface area contributed by atoms with E-state index in [0.29, 0.717) is 138 Å². The number of fused-ring (bicyclic) bond motifs is 3. The number of nitrogens with one attached hydrogen (secondary N) is 3. The molecule has 0 aromatic carbocycles. The molecule has 6 aliphatic heterocycles. The van der Waals surface area contributed by atoms with Gasteiger partial charge < -0.3 is 57.3 Å². The third-order valence-corrected chi connectivity index (χ3v) is 19.2. The monoisotopic (exact) mass is 1540 g/mol. The molecule has 0 bridgehead atoms. The Kier molecular flexibility index (Phi) is 28.7. The van der Waals surface area contributed by atoms with E-state index in [4.69, 9.17) is 73.4 Å². The van der Waals surface area contributed by atoms with Crippen molar-refractivity contribution in [2.45, 2.75) is 121 Å². The zero-order valence-electron chi connectivity index (χ0n) is 63.0. The first kappa shape index (κ1) is 82.5. The Bertz CT molecular complexity index is 4070. The molecule has 9 amide bonds. The predicted molar refractivity (Wildman–Crippen MR) is 390 cm³/mol. The van der Waals surface area contributed by atoms with Crippen LogP contribution in [0.1, 0.15) is 137 Å². The van der Waals surface area contributed by atoms with Gasteiger partial charge in [-0.15, -0.1) is 0 Å². The number of amides is 9. The number of carbonyl (C=O) groups excluding carboxylic acids is 6. The molecule has 0 aliphatic carbocycles. The fourth-order valence-electron chi connectivity index (χ4n) is 13.6. The first-order valence-corrected chi connectivity index (χ1v) is 35.8. The van der Waals surface area contributed by atoms with E-state index < -0.39 is 66.6 Å². The Balaban J connectivity index is 0.000000177. The van der Waals surface area contributed by atoms with Crippen LogP contribution in [0.5, 0.6) is 0 Å². The van der Waals surface area contributed by atoms with Gasteiger partial charge in [0.1, 0.15) is 117 Å². The van der Waals surface area contributed by atoms with Gasteiger partial charge in [0.05, 0.1) is 31.1 Å². The molecule has 6 aliphatic rings. The first-order chi connectivity index (χ1) is 53.6. The molecule has 3 N–H and O–H groups in total. The maximum absolute atomic E-state index is 14.0. The van der Waals surface area contributed by atoms with Crippen molar-refractivity contribution >= 4 is 70.7 Å². The molecule has 12 rings (SSSR count). The fourth-order valence-corrected chi connectivity index (χ4v) is 13.6. The molecule has 0 radical (unpaired) electrons. The largest absolute Gasteiger partial charge is 0.381 e. The number of likely N-dealkylation sites (N-methyl/N-ethyl adjacent to an activating group) is 2. The number of ether oxygens (including phenoxy) is 9. The highest BCUT2D eigenvalue weighted by Crippen LogP contribution is 2.37. The third kappa shape index (κ3) is 19.8. The van der Waals surface area contributed by atoms with Crippen molar-refractivity contribution < 1.29 is 84.6 Å².